The van der Waals surface area contributed by atoms with Crippen molar-refractivity contribution >= 4 is 35.4 Å². The molecular formula is C26H31N5O7. The number of amides is 4. The number of rotatable bonds is 4. The van der Waals surface area contributed by atoms with E-state index in [0.717, 1.165) is 9.58 Å². The van der Waals surface area contributed by atoms with Gasteiger partial charge in [0, 0.05) is 0 Å². The van der Waals surface area contributed by atoms with E-state index in [4.69, 9.17) is 9.47 Å². The van der Waals surface area contributed by atoms with Crippen molar-refractivity contribution in [2.24, 2.45) is 5.10 Å². The van der Waals surface area contributed by atoms with Crippen molar-refractivity contribution in [1.82, 2.24) is 10.1 Å². The molecule has 0 aliphatic carbocycles. The minimum absolute atomic E-state index is 0.0179. The highest BCUT2D eigenvalue weighted by molar-refractivity contribution is 6.37. The molecule has 12 nitrogen and oxygen atoms in total. The molecule has 1 aromatic heterocycles. The number of anilines is 1. The molecule has 0 saturated heterocycles. The number of hydrogen-bond donors (Lipinski definition) is 2. The van der Waals surface area contributed by atoms with E-state index in [2.05, 4.69) is 16.0 Å². The first-order valence-electron chi connectivity index (χ1n) is 11.8. The molecule has 202 valence electrons. The molecule has 0 bridgehead atoms. The number of ether oxygens (including phenoxy) is 2. The normalized spacial score (nSPS) is 13.8. The number of aromatic nitrogens is 1. The summed E-state index contributed by atoms with van der Waals surface area (Å²) in [7, 11) is 0. The third kappa shape index (κ3) is 5.90. The van der Waals surface area contributed by atoms with Crippen LogP contribution in [0.25, 0.3) is 0 Å². The molecule has 38 heavy (non-hydrogen) atoms. The van der Waals surface area contributed by atoms with Crippen LogP contribution in [-0.4, -0.2) is 45.6 Å². The van der Waals surface area contributed by atoms with Gasteiger partial charge >= 0.3 is 12.2 Å². The van der Waals surface area contributed by atoms with Gasteiger partial charge in [-0.05, 0) is 67.5 Å². The van der Waals surface area contributed by atoms with Crippen LogP contribution in [0.1, 0.15) is 80.4 Å². The summed E-state index contributed by atoms with van der Waals surface area (Å²) in [5.41, 5.74) is 1.64. The van der Waals surface area contributed by atoms with Gasteiger partial charge in [0.05, 0.1) is 33.8 Å². The summed E-state index contributed by atoms with van der Waals surface area (Å²) in [6.07, 6.45) is -1.84. The number of benzene rings is 1. The van der Waals surface area contributed by atoms with Crippen molar-refractivity contribution < 1.29 is 28.7 Å². The van der Waals surface area contributed by atoms with Crippen LogP contribution in [-0.2, 0) is 9.47 Å². The summed E-state index contributed by atoms with van der Waals surface area (Å²) >= 11 is 0. The van der Waals surface area contributed by atoms with Gasteiger partial charge in [-0.1, -0.05) is 18.2 Å². The van der Waals surface area contributed by atoms with Crippen molar-refractivity contribution in [1.29, 1.82) is 0 Å². The number of nitrogens with zero attached hydrogens (tertiary/aromatic N) is 3. The molecular weight excluding hydrogens is 494 g/mol. The summed E-state index contributed by atoms with van der Waals surface area (Å²) in [5.74, 6) is -1.44. The zero-order valence-electron chi connectivity index (χ0n) is 22.6. The van der Waals surface area contributed by atoms with Crippen molar-refractivity contribution in [3.63, 3.8) is 0 Å². The van der Waals surface area contributed by atoms with Gasteiger partial charge in [0.15, 0.2) is 0 Å². The Bertz CT molecular complexity index is 1400. The first-order valence-corrected chi connectivity index (χ1v) is 11.8. The first-order chi connectivity index (χ1) is 17.5. The zero-order valence-corrected chi connectivity index (χ0v) is 22.6. The molecule has 2 aromatic rings. The SMILES string of the molecule is C/C(=N\NC(=O)OC(C)(C)C)c1c2c(c(C)n(NC(=O)OC(C)(C)C)c1=O)C(=O)N(c1ccccc1)C2=O. The average molecular weight is 526 g/mol. The molecule has 0 unspecified atom stereocenters. The fourth-order valence-corrected chi connectivity index (χ4v) is 3.74. The molecule has 12 heteroatoms. The number of hydrogen-bond acceptors (Lipinski definition) is 8. The topological polar surface area (TPSA) is 148 Å². The van der Waals surface area contributed by atoms with Crippen LogP contribution in [0.4, 0.5) is 15.3 Å². The minimum atomic E-state index is -0.952. The number of fused-ring (bicyclic) bond motifs is 1. The van der Waals surface area contributed by atoms with Gasteiger partial charge in [-0.15, -0.1) is 0 Å². The molecule has 2 N–H and O–H groups in total. The van der Waals surface area contributed by atoms with E-state index in [1.807, 2.05) is 0 Å². The van der Waals surface area contributed by atoms with Crippen LogP contribution in [0, 0.1) is 6.92 Å². The summed E-state index contributed by atoms with van der Waals surface area (Å²) in [4.78, 5) is 66.3. The molecule has 0 atom stereocenters. The number of pyridine rings is 1. The smallest absolute Gasteiger partial charge is 0.428 e. The quantitative estimate of drug-likeness (QED) is 0.351. The van der Waals surface area contributed by atoms with Crippen molar-refractivity contribution in [2.75, 3.05) is 10.3 Å². The van der Waals surface area contributed by atoms with Gasteiger partial charge in [-0.25, -0.2) is 30.0 Å². The molecule has 0 fully saturated rings. The number of nitrogens with one attached hydrogen (secondary N) is 2. The Morgan fingerprint density at radius 1 is 0.842 bits per heavy atom. The van der Waals surface area contributed by atoms with E-state index in [1.165, 1.54) is 13.8 Å². The fourth-order valence-electron chi connectivity index (χ4n) is 3.74. The standard InChI is InChI=1S/C26H31N5O7/c1-14(27-28-23(35)37-25(3,4)5)17-19-18(20(32)30(21(19)33)16-12-10-9-11-13-16)15(2)31(22(17)34)29-24(36)38-26(6,7)8/h9-13H,1-8H3,(H,28,35)(H,29,36)/b27-14+. The maximum atomic E-state index is 13.6. The Hall–Kier alpha value is -4.48. The molecule has 1 aromatic carbocycles. The third-order valence-corrected chi connectivity index (χ3v) is 5.14. The summed E-state index contributed by atoms with van der Waals surface area (Å²) in [5, 5.41) is 3.94. The summed E-state index contributed by atoms with van der Waals surface area (Å²) in [6, 6.07) is 8.20. The van der Waals surface area contributed by atoms with Crippen molar-refractivity contribution in [3.8, 4) is 0 Å². The Morgan fingerprint density at radius 3 is 1.92 bits per heavy atom. The molecule has 2 heterocycles. The maximum Gasteiger partial charge on any atom is 0.428 e. The molecule has 0 saturated carbocycles. The second-order valence-corrected chi connectivity index (χ2v) is 10.6. The van der Waals surface area contributed by atoms with E-state index in [9.17, 15) is 24.0 Å². The Labute approximate surface area is 219 Å². The predicted molar refractivity (Wildman–Crippen MR) is 140 cm³/mol. The van der Waals surface area contributed by atoms with E-state index >= 15 is 0 Å². The van der Waals surface area contributed by atoms with E-state index < -0.39 is 40.8 Å². The highest BCUT2D eigenvalue weighted by atomic mass is 16.6. The Balaban J connectivity index is 2.19. The van der Waals surface area contributed by atoms with E-state index in [1.54, 1.807) is 71.9 Å². The van der Waals surface area contributed by atoms with Crippen molar-refractivity contribution in [2.45, 2.75) is 66.6 Å². The fraction of sp³-hybridized carbons (Fsp3) is 0.385. The zero-order chi connectivity index (χ0) is 28.6. The number of carbonyl (C=O) groups is 4. The Kier molecular flexibility index (Phi) is 7.48. The molecule has 0 radical (unpaired) electrons. The minimum Gasteiger partial charge on any atom is -0.443 e. The number of imide groups is 1. The van der Waals surface area contributed by atoms with Gasteiger partial charge in [0.2, 0.25) is 0 Å². The lowest BCUT2D eigenvalue weighted by Crippen LogP contribution is -2.41. The second-order valence-electron chi connectivity index (χ2n) is 10.6. The van der Waals surface area contributed by atoms with Gasteiger partial charge in [0.1, 0.15) is 11.2 Å². The van der Waals surface area contributed by atoms with Gasteiger partial charge in [0.25, 0.3) is 17.4 Å². The Morgan fingerprint density at radius 2 is 1.37 bits per heavy atom. The van der Waals surface area contributed by atoms with Crippen LogP contribution in [0.3, 0.4) is 0 Å². The van der Waals surface area contributed by atoms with Gasteiger partial charge in [-0.2, -0.15) is 5.10 Å². The number of para-hydroxylation sites is 1. The van der Waals surface area contributed by atoms with Crippen LogP contribution in [0.15, 0.2) is 40.2 Å². The lowest BCUT2D eigenvalue weighted by atomic mass is 10.00. The highest BCUT2D eigenvalue weighted by Gasteiger charge is 2.43. The van der Waals surface area contributed by atoms with Crippen LogP contribution < -0.4 is 21.3 Å². The summed E-state index contributed by atoms with van der Waals surface area (Å²) in [6.45, 7) is 12.7. The monoisotopic (exact) mass is 525 g/mol. The summed E-state index contributed by atoms with van der Waals surface area (Å²) < 4.78 is 11.2. The second kappa shape index (κ2) is 10.1. The number of hydrazone groups is 1. The molecule has 1 aliphatic rings. The molecule has 1 aliphatic heterocycles. The molecule has 3 rings (SSSR count). The van der Waals surface area contributed by atoms with Gasteiger partial charge in [-0.3, -0.25) is 14.4 Å². The average Bonchev–Trinajstić information content (AvgIpc) is 3.03. The molecule has 4 amide bonds. The lowest BCUT2D eigenvalue weighted by Gasteiger charge is -2.22. The maximum absolute atomic E-state index is 13.6. The van der Waals surface area contributed by atoms with Crippen LogP contribution >= 0.6 is 0 Å². The van der Waals surface area contributed by atoms with Crippen LogP contribution in [0.5, 0.6) is 0 Å². The van der Waals surface area contributed by atoms with Gasteiger partial charge < -0.3 is 9.47 Å². The number of carbonyl (C=O) groups excluding carboxylic acids is 4. The highest BCUT2D eigenvalue weighted by Crippen LogP contribution is 2.31. The predicted octanol–water partition coefficient (Wildman–Crippen LogP) is 3.68. The molecule has 0 spiro atoms. The first kappa shape index (κ1) is 28.1. The van der Waals surface area contributed by atoms with Crippen LogP contribution in [0.2, 0.25) is 0 Å². The van der Waals surface area contributed by atoms with Crippen molar-refractivity contribution in [3.05, 3.63) is 63.1 Å². The lowest BCUT2D eigenvalue weighted by molar-refractivity contribution is 0.0527. The van der Waals surface area contributed by atoms with E-state index in [0.29, 0.717) is 5.69 Å². The van der Waals surface area contributed by atoms with E-state index in [-0.39, 0.29) is 28.1 Å². The largest absolute Gasteiger partial charge is 0.443 e. The third-order valence-electron chi connectivity index (χ3n) is 5.14.